The van der Waals surface area contributed by atoms with Gasteiger partial charge in [0.1, 0.15) is 12.2 Å². The standard InChI is InChI=1S/C13H12O4/c14-12-7-6-10(16-12)11-8-15-13(17-11)9-4-2-1-3-5-9/h1-7,10-11,13H,8H2/t10-,11-,13+/m0/s1. The summed E-state index contributed by atoms with van der Waals surface area (Å²) in [6.07, 6.45) is 2.22. The minimum absolute atomic E-state index is 0.220. The van der Waals surface area contributed by atoms with Crippen LogP contribution in [0.25, 0.3) is 0 Å². The van der Waals surface area contributed by atoms with Gasteiger partial charge in [-0.2, -0.15) is 0 Å². The SMILES string of the molecule is O=C1C=C[C@@H]([C@@H]2CO[C@@H](c3ccccc3)O2)O1. The van der Waals surface area contributed by atoms with Gasteiger partial charge in [-0.15, -0.1) is 0 Å². The Morgan fingerprint density at radius 2 is 2.00 bits per heavy atom. The minimum Gasteiger partial charge on any atom is -0.452 e. The highest BCUT2D eigenvalue weighted by Crippen LogP contribution is 2.30. The Morgan fingerprint density at radius 1 is 1.18 bits per heavy atom. The lowest BCUT2D eigenvalue weighted by Gasteiger charge is -2.15. The van der Waals surface area contributed by atoms with Crippen LogP contribution in [0.5, 0.6) is 0 Å². The molecule has 0 bridgehead atoms. The molecule has 4 nitrogen and oxygen atoms in total. The molecule has 2 aliphatic rings. The highest BCUT2D eigenvalue weighted by Gasteiger charge is 2.35. The maximum Gasteiger partial charge on any atom is 0.331 e. The smallest absolute Gasteiger partial charge is 0.331 e. The molecule has 0 unspecified atom stereocenters. The number of hydrogen-bond acceptors (Lipinski definition) is 4. The Hall–Kier alpha value is -1.65. The van der Waals surface area contributed by atoms with Gasteiger partial charge in [0.25, 0.3) is 0 Å². The van der Waals surface area contributed by atoms with Gasteiger partial charge < -0.3 is 14.2 Å². The highest BCUT2D eigenvalue weighted by atomic mass is 16.7. The van der Waals surface area contributed by atoms with Crippen LogP contribution >= 0.6 is 0 Å². The summed E-state index contributed by atoms with van der Waals surface area (Å²) in [6.45, 7) is 0.432. The molecule has 0 aliphatic carbocycles. The fourth-order valence-corrected chi connectivity index (χ4v) is 1.96. The third-order valence-electron chi connectivity index (χ3n) is 2.82. The second-order valence-electron chi connectivity index (χ2n) is 4.01. The first-order chi connectivity index (χ1) is 8.33. The fraction of sp³-hybridized carbons (Fsp3) is 0.308. The largest absolute Gasteiger partial charge is 0.452 e. The predicted octanol–water partition coefficient (Wildman–Crippen LogP) is 1.58. The van der Waals surface area contributed by atoms with Crippen molar-refractivity contribution < 1.29 is 19.0 Å². The topological polar surface area (TPSA) is 44.8 Å². The summed E-state index contributed by atoms with van der Waals surface area (Å²) in [5, 5.41) is 0. The molecule has 2 aliphatic heterocycles. The van der Waals surface area contributed by atoms with Crippen LogP contribution in [0.1, 0.15) is 11.9 Å². The molecule has 3 rings (SSSR count). The van der Waals surface area contributed by atoms with Crippen molar-refractivity contribution in [2.24, 2.45) is 0 Å². The van der Waals surface area contributed by atoms with Crippen molar-refractivity contribution in [3.8, 4) is 0 Å². The Morgan fingerprint density at radius 3 is 2.71 bits per heavy atom. The van der Waals surface area contributed by atoms with Crippen molar-refractivity contribution in [2.45, 2.75) is 18.5 Å². The predicted molar refractivity (Wildman–Crippen MR) is 59.0 cm³/mol. The molecule has 2 heterocycles. The monoisotopic (exact) mass is 232 g/mol. The third-order valence-corrected chi connectivity index (χ3v) is 2.82. The molecule has 1 saturated heterocycles. The van der Waals surface area contributed by atoms with Gasteiger partial charge in [0.05, 0.1) is 6.61 Å². The summed E-state index contributed by atoms with van der Waals surface area (Å²) >= 11 is 0. The fourth-order valence-electron chi connectivity index (χ4n) is 1.96. The minimum atomic E-state index is -0.367. The van der Waals surface area contributed by atoms with Crippen molar-refractivity contribution in [2.75, 3.05) is 6.61 Å². The summed E-state index contributed by atoms with van der Waals surface area (Å²) in [4.78, 5) is 11.0. The summed E-state index contributed by atoms with van der Waals surface area (Å²) in [5.41, 5.74) is 0.975. The van der Waals surface area contributed by atoms with Crippen LogP contribution in [0, 0.1) is 0 Å². The number of esters is 1. The number of cyclic esters (lactones) is 1. The summed E-state index contributed by atoms with van der Waals surface area (Å²) in [6, 6.07) is 9.71. The molecule has 0 aromatic heterocycles. The first-order valence-corrected chi connectivity index (χ1v) is 5.54. The van der Waals surface area contributed by atoms with E-state index in [9.17, 15) is 4.79 Å². The lowest BCUT2D eigenvalue weighted by molar-refractivity contribution is -0.145. The van der Waals surface area contributed by atoms with Crippen LogP contribution in [0.3, 0.4) is 0 Å². The maximum absolute atomic E-state index is 11.0. The van der Waals surface area contributed by atoms with Crippen LogP contribution in [-0.2, 0) is 19.0 Å². The molecule has 0 N–H and O–H groups in total. The van der Waals surface area contributed by atoms with Crippen molar-refractivity contribution >= 4 is 5.97 Å². The molecule has 0 radical (unpaired) electrons. The molecule has 0 spiro atoms. The summed E-state index contributed by atoms with van der Waals surface area (Å²) in [7, 11) is 0. The second-order valence-corrected chi connectivity index (χ2v) is 4.01. The molecule has 0 saturated carbocycles. The van der Waals surface area contributed by atoms with Crippen LogP contribution in [-0.4, -0.2) is 24.8 Å². The van der Waals surface area contributed by atoms with Crippen molar-refractivity contribution in [3.63, 3.8) is 0 Å². The Labute approximate surface area is 98.8 Å². The van der Waals surface area contributed by atoms with Crippen molar-refractivity contribution in [1.82, 2.24) is 0 Å². The first-order valence-electron chi connectivity index (χ1n) is 5.54. The number of hydrogen-bond donors (Lipinski definition) is 0. The molecule has 4 heteroatoms. The van der Waals surface area contributed by atoms with E-state index in [1.807, 2.05) is 30.3 Å². The molecular weight excluding hydrogens is 220 g/mol. The van der Waals surface area contributed by atoms with E-state index in [4.69, 9.17) is 14.2 Å². The van der Waals surface area contributed by atoms with E-state index < -0.39 is 0 Å². The van der Waals surface area contributed by atoms with Gasteiger partial charge >= 0.3 is 5.97 Å². The number of ether oxygens (including phenoxy) is 3. The van der Waals surface area contributed by atoms with Crippen LogP contribution < -0.4 is 0 Å². The number of benzene rings is 1. The van der Waals surface area contributed by atoms with Gasteiger partial charge in [-0.1, -0.05) is 30.3 Å². The lowest BCUT2D eigenvalue weighted by atomic mass is 10.2. The van der Waals surface area contributed by atoms with E-state index in [0.29, 0.717) is 6.61 Å². The van der Waals surface area contributed by atoms with Gasteiger partial charge in [-0.05, 0) is 6.08 Å². The number of carbonyl (C=O) groups excluding carboxylic acids is 1. The zero-order valence-corrected chi connectivity index (χ0v) is 9.11. The quantitative estimate of drug-likeness (QED) is 0.726. The maximum atomic E-state index is 11.0. The van der Waals surface area contributed by atoms with Gasteiger partial charge in [-0.3, -0.25) is 0 Å². The third kappa shape index (κ3) is 2.09. The first kappa shape index (κ1) is 10.5. The Balaban J connectivity index is 1.66. The van der Waals surface area contributed by atoms with Gasteiger partial charge in [0.15, 0.2) is 6.29 Å². The van der Waals surface area contributed by atoms with Crippen LogP contribution in [0.4, 0.5) is 0 Å². The molecule has 17 heavy (non-hydrogen) atoms. The van der Waals surface area contributed by atoms with E-state index in [1.165, 1.54) is 6.08 Å². The van der Waals surface area contributed by atoms with E-state index in [0.717, 1.165) is 5.56 Å². The normalized spacial score (nSPS) is 31.8. The molecule has 88 valence electrons. The average molecular weight is 232 g/mol. The summed E-state index contributed by atoms with van der Waals surface area (Å²) in [5.74, 6) is -0.318. The molecule has 1 aromatic rings. The van der Waals surface area contributed by atoms with Gasteiger partial charge in [0, 0.05) is 11.6 Å². The molecule has 1 aromatic carbocycles. The Kier molecular flexibility index (Phi) is 2.66. The zero-order chi connectivity index (χ0) is 11.7. The van der Waals surface area contributed by atoms with E-state index >= 15 is 0 Å². The van der Waals surface area contributed by atoms with E-state index in [-0.39, 0.29) is 24.5 Å². The number of carbonyl (C=O) groups is 1. The van der Waals surface area contributed by atoms with Crippen molar-refractivity contribution in [1.29, 1.82) is 0 Å². The average Bonchev–Trinajstić information content (AvgIpc) is 2.98. The molecule has 1 fully saturated rings. The van der Waals surface area contributed by atoms with Crippen LogP contribution in [0.2, 0.25) is 0 Å². The Bertz CT molecular complexity index is 440. The molecule has 3 atom stereocenters. The van der Waals surface area contributed by atoms with E-state index in [1.54, 1.807) is 6.08 Å². The van der Waals surface area contributed by atoms with Gasteiger partial charge in [-0.25, -0.2) is 4.79 Å². The van der Waals surface area contributed by atoms with Gasteiger partial charge in [0.2, 0.25) is 0 Å². The second kappa shape index (κ2) is 4.31. The molecular formula is C13H12O4. The summed E-state index contributed by atoms with van der Waals surface area (Å²) < 4.78 is 16.4. The zero-order valence-electron chi connectivity index (χ0n) is 9.11. The van der Waals surface area contributed by atoms with Crippen LogP contribution in [0.15, 0.2) is 42.5 Å². The van der Waals surface area contributed by atoms with Crippen molar-refractivity contribution in [3.05, 3.63) is 48.0 Å². The van der Waals surface area contributed by atoms with E-state index in [2.05, 4.69) is 0 Å². The molecule has 0 amide bonds. The number of rotatable bonds is 2. The lowest BCUT2D eigenvalue weighted by Crippen LogP contribution is -2.27. The highest BCUT2D eigenvalue weighted by molar-refractivity contribution is 5.84.